The number of rotatable bonds is 18. The molecule has 352 valence electrons. The number of aromatic nitrogens is 4. The van der Waals surface area contributed by atoms with E-state index in [-0.39, 0.29) is 58.9 Å². The predicted octanol–water partition coefficient (Wildman–Crippen LogP) is 5.56. The van der Waals surface area contributed by atoms with Crippen molar-refractivity contribution in [3.8, 4) is 0 Å². The summed E-state index contributed by atoms with van der Waals surface area (Å²) in [4.78, 5) is 54.5. The van der Waals surface area contributed by atoms with Gasteiger partial charge in [-0.1, -0.05) is 81.4 Å². The van der Waals surface area contributed by atoms with Gasteiger partial charge in [0.2, 0.25) is 21.9 Å². The molecular formula is C46H54F3N9O7S. The van der Waals surface area contributed by atoms with Crippen molar-refractivity contribution in [2.45, 2.75) is 100 Å². The van der Waals surface area contributed by atoms with Crippen LogP contribution in [0.3, 0.4) is 0 Å². The first kappa shape index (κ1) is 47.8. The van der Waals surface area contributed by atoms with Crippen LogP contribution in [-0.2, 0) is 24.3 Å². The molecule has 66 heavy (non-hydrogen) atoms. The van der Waals surface area contributed by atoms with Crippen molar-refractivity contribution in [1.29, 1.82) is 0 Å². The van der Waals surface area contributed by atoms with E-state index in [1.54, 1.807) is 6.92 Å². The third-order valence-electron chi connectivity index (χ3n) is 11.9. The van der Waals surface area contributed by atoms with E-state index >= 15 is 0 Å². The minimum Gasteiger partial charge on any atom is -0.451 e. The molecule has 1 saturated carbocycles. The Morgan fingerprint density at radius 2 is 1.55 bits per heavy atom. The van der Waals surface area contributed by atoms with Gasteiger partial charge in [-0.15, -0.1) is 0 Å². The second kappa shape index (κ2) is 20.6. The van der Waals surface area contributed by atoms with E-state index in [4.69, 9.17) is 14.7 Å². The lowest BCUT2D eigenvalue weighted by Gasteiger charge is -2.24. The van der Waals surface area contributed by atoms with Gasteiger partial charge in [0.1, 0.15) is 6.10 Å². The molecule has 4 N–H and O–H groups in total. The zero-order valence-electron chi connectivity index (χ0n) is 36.8. The highest BCUT2D eigenvalue weighted by atomic mass is 32.2. The van der Waals surface area contributed by atoms with Gasteiger partial charge >= 0.3 is 12.1 Å². The number of carbonyl (C=O) groups excluding carboxylic acids is 3. The normalized spacial score (nSPS) is 20.0. The molecule has 2 aliphatic rings. The fourth-order valence-corrected chi connectivity index (χ4v) is 10.2. The molecule has 1 saturated heterocycles. The van der Waals surface area contributed by atoms with Gasteiger partial charge in [0.15, 0.2) is 23.1 Å². The number of halogens is 3. The fourth-order valence-electron chi connectivity index (χ4n) is 8.58. The van der Waals surface area contributed by atoms with Crippen LogP contribution in [0.5, 0.6) is 0 Å². The van der Waals surface area contributed by atoms with Gasteiger partial charge < -0.3 is 35.3 Å². The van der Waals surface area contributed by atoms with Gasteiger partial charge in [0.05, 0.1) is 23.3 Å². The highest BCUT2D eigenvalue weighted by Crippen LogP contribution is 2.38. The van der Waals surface area contributed by atoms with Crippen LogP contribution < -0.4 is 20.9 Å². The summed E-state index contributed by atoms with van der Waals surface area (Å²) in [5.41, 5.74) is 2.85. The number of nitrogens with one attached hydrogen (secondary N) is 3. The zero-order chi connectivity index (χ0) is 47.2. The number of amides is 2. The van der Waals surface area contributed by atoms with Crippen LogP contribution in [0.15, 0.2) is 96.2 Å². The Labute approximate surface area is 381 Å². The minimum absolute atomic E-state index is 0.00519. The van der Waals surface area contributed by atoms with Crippen LogP contribution in [0.1, 0.15) is 86.3 Å². The van der Waals surface area contributed by atoms with Gasteiger partial charge in [-0.2, -0.15) is 27.4 Å². The Balaban J connectivity index is 1.18. The number of benzene rings is 3. The molecule has 0 radical (unpaired) electrons. The van der Waals surface area contributed by atoms with Crippen molar-refractivity contribution >= 4 is 50.7 Å². The molecule has 16 nitrogen and oxygen atoms in total. The van der Waals surface area contributed by atoms with Crippen LogP contribution >= 0.6 is 0 Å². The molecule has 2 amide bonds. The first-order chi connectivity index (χ1) is 31.6. The molecule has 20 heteroatoms. The summed E-state index contributed by atoms with van der Waals surface area (Å²) in [5.74, 6) is -2.98. The van der Waals surface area contributed by atoms with Crippen molar-refractivity contribution in [2.75, 3.05) is 42.9 Å². The number of sulfonamides is 1. The molecule has 3 aromatic carbocycles. The standard InChI is InChI=1S/C46H54F3N9O7S/c1-4-22-57(23-5-2)66(63,64)33-19-17-31(18-20-33)43(61)52-32-21-24-56(27-32)45-54-41(50-26-34(29-13-9-7-10-14-29)30-15-11-8-12-16-30)38-42(55-45)58(28-51-38)36-25-35(53-37(59)6-3)40(39(36)60)65-44(62)46(47,48)49/h7-20,28,32,34-36,39-40,60H,4-6,21-27H2,1-3H3,(H,52,61)(H,53,59)(H,50,54,55)/t32-,35+,36-,39+,40-/m1/s1. The van der Waals surface area contributed by atoms with Gasteiger partial charge in [-0.3, -0.25) is 9.59 Å². The molecule has 0 unspecified atom stereocenters. The lowest BCUT2D eigenvalue weighted by Crippen LogP contribution is -2.47. The number of carbonyl (C=O) groups is 3. The maximum absolute atomic E-state index is 13.5. The van der Waals surface area contributed by atoms with Crippen LogP contribution in [-0.4, -0.2) is 118 Å². The number of fused-ring (bicyclic) bond motifs is 1. The number of hydrogen-bond acceptors (Lipinski definition) is 12. The average molecular weight is 934 g/mol. The van der Waals surface area contributed by atoms with Gasteiger partial charge in [0, 0.05) is 56.7 Å². The first-order valence-corrected chi connectivity index (χ1v) is 23.6. The minimum atomic E-state index is -5.34. The quantitative estimate of drug-likeness (QED) is 0.0799. The van der Waals surface area contributed by atoms with Crippen LogP contribution in [0.25, 0.3) is 11.2 Å². The maximum atomic E-state index is 13.5. The number of anilines is 2. The Kier molecular flexibility index (Phi) is 14.9. The van der Waals surface area contributed by atoms with Gasteiger partial charge in [-0.25, -0.2) is 18.2 Å². The summed E-state index contributed by atoms with van der Waals surface area (Å²) in [7, 11) is -3.74. The number of aliphatic hydroxyl groups is 1. The summed E-state index contributed by atoms with van der Waals surface area (Å²) in [6.45, 7) is 7.21. The Morgan fingerprint density at radius 3 is 2.14 bits per heavy atom. The van der Waals surface area contributed by atoms with Crippen molar-refractivity contribution in [2.24, 2.45) is 0 Å². The Morgan fingerprint density at radius 1 is 0.909 bits per heavy atom. The fraction of sp³-hybridized carbons (Fsp3) is 0.435. The summed E-state index contributed by atoms with van der Waals surface area (Å²) in [5, 5.41) is 20.7. The lowest BCUT2D eigenvalue weighted by atomic mass is 9.91. The highest BCUT2D eigenvalue weighted by molar-refractivity contribution is 7.89. The van der Waals surface area contributed by atoms with Gasteiger partial charge in [-0.05, 0) is 61.1 Å². The number of nitrogens with zero attached hydrogens (tertiary/aromatic N) is 6. The summed E-state index contributed by atoms with van der Waals surface area (Å²) in [6.07, 6.45) is -5.71. The average Bonchev–Trinajstić information content (AvgIpc) is 4.04. The zero-order valence-corrected chi connectivity index (χ0v) is 37.6. The van der Waals surface area contributed by atoms with E-state index in [9.17, 15) is 41.1 Å². The molecule has 2 aromatic heterocycles. The third-order valence-corrected chi connectivity index (χ3v) is 13.8. The SMILES string of the molecule is CCCN(CCC)S(=O)(=O)c1ccc(C(=O)N[C@@H]2CCN(c3nc(NCC(c4ccccc4)c4ccccc4)c4ncn([C@@H]5C[C@H](NC(=O)CC)[C@@H](OC(=O)C(F)(F)F)[C@H]5O)c4n3)C2)cc1. The van der Waals surface area contributed by atoms with E-state index < -0.39 is 58.3 Å². The van der Waals surface area contributed by atoms with Crippen molar-refractivity contribution < 1.29 is 45.8 Å². The number of hydrogen-bond donors (Lipinski definition) is 4. The summed E-state index contributed by atoms with van der Waals surface area (Å²) < 4.78 is 74.6. The lowest BCUT2D eigenvalue weighted by molar-refractivity contribution is -0.209. The van der Waals surface area contributed by atoms with E-state index in [1.165, 1.54) is 39.5 Å². The Bertz CT molecular complexity index is 2540. The smallest absolute Gasteiger partial charge is 0.451 e. The molecule has 7 rings (SSSR count). The summed E-state index contributed by atoms with van der Waals surface area (Å²) in [6, 6.07) is 23.0. The number of imidazole rings is 1. The van der Waals surface area contributed by atoms with Crippen molar-refractivity contribution in [3.05, 3.63) is 108 Å². The van der Waals surface area contributed by atoms with Crippen LogP contribution in [0.4, 0.5) is 24.9 Å². The van der Waals surface area contributed by atoms with E-state index in [0.29, 0.717) is 51.3 Å². The number of esters is 1. The predicted molar refractivity (Wildman–Crippen MR) is 240 cm³/mol. The molecule has 1 aliphatic heterocycles. The number of aliphatic hydroxyl groups excluding tert-OH is 1. The van der Waals surface area contributed by atoms with E-state index in [2.05, 4.69) is 20.9 Å². The molecule has 3 heterocycles. The van der Waals surface area contributed by atoms with E-state index in [1.807, 2.05) is 79.4 Å². The largest absolute Gasteiger partial charge is 0.490 e. The molecule has 0 spiro atoms. The monoisotopic (exact) mass is 933 g/mol. The molecule has 1 aliphatic carbocycles. The van der Waals surface area contributed by atoms with Crippen molar-refractivity contribution in [1.82, 2.24) is 34.5 Å². The number of ether oxygens (including phenoxy) is 1. The molecule has 2 fully saturated rings. The molecular weight excluding hydrogens is 880 g/mol. The Hall–Kier alpha value is -6.12. The van der Waals surface area contributed by atoms with E-state index in [0.717, 1.165) is 11.1 Å². The molecule has 0 bridgehead atoms. The topological polar surface area (TPSA) is 201 Å². The number of alkyl halides is 3. The third kappa shape index (κ3) is 10.6. The highest BCUT2D eigenvalue weighted by Gasteiger charge is 2.51. The molecule has 5 aromatic rings. The van der Waals surface area contributed by atoms with Crippen LogP contribution in [0.2, 0.25) is 0 Å². The summed E-state index contributed by atoms with van der Waals surface area (Å²) >= 11 is 0. The van der Waals surface area contributed by atoms with Crippen molar-refractivity contribution in [3.63, 3.8) is 0 Å². The van der Waals surface area contributed by atoms with Gasteiger partial charge in [0.25, 0.3) is 5.91 Å². The van der Waals surface area contributed by atoms with Crippen LogP contribution in [0, 0.1) is 0 Å². The second-order valence-electron chi connectivity index (χ2n) is 16.5. The second-order valence-corrected chi connectivity index (χ2v) is 18.4. The maximum Gasteiger partial charge on any atom is 0.490 e. The first-order valence-electron chi connectivity index (χ1n) is 22.1. The molecule has 5 atom stereocenters.